The van der Waals surface area contributed by atoms with Gasteiger partial charge in [0.1, 0.15) is 5.75 Å². The molecule has 7 heteroatoms. The third kappa shape index (κ3) is 3.53. The third-order valence-electron chi connectivity index (χ3n) is 4.56. The standard InChI is InChI=1S/C18H21N3O3S/c1-13-19-15(12-25-13)14-2-3-17-16(10-14)21(18(22)11-24-17)5-4-20-6-8-23-9-7-20/h2-3,10,12H,4-9,11H2,1H3. The van der Waals surface area contributed by atoms with Crippen LogP contribution in [0.2, 0.25) is 0 Å². The van der Waals surface area contributed by atoms with Gasteiger partial charge in [0.2, 0.25) is 0 Å². The van der Waals surface area contributed by atoms with Crippen LogP contribution in [-0.4, -0.2) is 61.8 Å². The van der Waals surface area contributed by atoms with Crippen LogP contribution in [0.4, 0.5) is 5.69 Å². The van der Waals surface area contributed by atoms with Gasteiger partial charge in [-0.25, -0.2) is 4.98 Å². The second kappa shape index (κ2) is 7.11. The smallest absolute Gasteiger partial charge is 0.265 e. The van der Waals surface area contributed by atoms with Crippen molar-refractivity contribution in [3.05, 3.63) is 28.6 Å². The first-order chi connectivity index (χ1) is 12.2. The zero-order valence-corrected chi connectivity index (χ0v) is 15.1. The number of nitrogens with zero attached hydrogens (tertiary/aromatic N) is 3. The normalized spacial score (nSPS) is 18.1. The molecule has 3 heterocycles. The van der Waals surface area contributed by atoms with Gasteiger partial charge in [-0.05, 0) is 25.1 Å². The topological polar surface area (TPSA) is 54.9 Å². The molecule has 0 saturated carbocycles. The highest BCUT2D eigenvalue weighted by Gasteiger charge is 2.26. The molecule has 2 aliphatic heterocycles. The summed E-state index contributed by atoms with van der Waals surface area (Å²) in [5.74, 6) is 0.768. The van der Waals surface area contributed by atoms with Gasteiger partial charge in [0, 0.05) is 37.1 Å². The van der Waals surface area contributed by atoms with Crippen molar-refractivity contribution in [2.75, 3.05) is 50.9 Å². The molecule has 2 aliphatic rings. The molecule has 1 saturated heterocycles. The summed E-state index contributed by atoms with van der Waals surface area (Å²) in [5.41, 5.74) is 2.79. The average molecular weight is 359 g/mol. The summed E-state index contributed by atoms with van der Waals surface area (Å²) >= 11 is 1.63. The van der Waals surface area contributed by atoms with Crippen LogP contribution in [0.3, 0.4) is 0 Å². The zero-order chi connectivity index (χ0) is 17.2. The summed E-state index contributed by atoms with van der Waals surface area (Å²) in [5, 5.41) is 3.07. The van der Waals surface area contributed by atoms with Crippen LogP contribution in [0, 0.1) is 6.92 Å². The highest BCUT2D eigenvalue weighted by atomic mass is 32.1. The third-order valence-corrected chi connectivity index (χ3v) is 5.33. The summed E-state index contributed by atoms with van der Waals surface area (Å²) in [7, 11) is 0. The van der Waals surface area contributed by atoms with E-state index in [-0.39, 0.29) is 12.5 Å². The van der Waals surface area contributed by atoms with Crippen LogP contribution >= 0.6 is 11.3 Å². The van der Waals surface area contributed by atoms with Gasteiger partial charge in [-0.15, -0.1) is 11.3 Å². The Morgan fingerprint density at radius 3 is 2.84 bits per heavy atom. The molecule has 132 valence electrons. The summed E-state index contributed by atoms with van der Waals surface area (Å²) in [6.45, 7) is 6.97. The van der Waals surface area contributed by atoms with Crippen molar-refractivity contribution >= 4 is 22.9 Å². The number of amides is 1. The predicted molar refractivity (Wildman–Crippen MR) is 97.4 cm³/mol. The van der Waals surface area contributed by atoms with Gasteiger partial charge in [0.25, 0.3) is 5.91 Å². The SMILES string of the molecule is Cc1nc(-c2ccc3c(c2)N(CCN2CCOCC2)C(=O)CO3)cs1. The number of morpholine rings is 1. The van der Waals surface area contributed by atoms with Gasteiger partial charge in [-0.1, -0.05) is 0 Å². The lowest BCUT2D eigenvalue weighted by Crippen LogP contribution is -2.45. The van der Waals surface area contributed by atoms with Crippen LogP contribution in [-0.2, 0) is 9.53 Å². The molecule has 25 heavy (non-hydrogen) atoms. The highest BCUT2D eigenvalue weighted by Crippen LogP contribution is 2.36. The van der Waals surface area contributed by atoms with Gasteiger partial charge in [0.05, 0.1) is 29.6 Å². The molecule has 0 bridgehead atoms. The fourth-order valence-corrected chi connectivity index (χ4v) is 3.79. The van der Waals surface area contributed by atoms with Crippen molar-refractivity contribution in [2.24, 2.45) is 0 Å². The number of hydrogen-bond acceptors (Lipinski definition) is 6. The molecule has 1 fully saturated rings. The number of carbonyl (C=O) groups is 1. The maximum atomic E-state index is 12.4. The number of rotatable bonds is 4. The Hall–Kier alpha value is -1.96. The van der Waals surface area contributed by atoms with Crippen molar-refractivity contribution in [3.8, 4) is 17.0 Å². The lowest BCUT2D eigenvalue weighted by atomic mass is 10.1. The largest absolute Gasteiger partial charge is 0.482 e. The number of aryl methyl sites for hydroxylation is 1. The van der Waals surface area contributed by atoms with Gasteiger partial charge >= 0.3 is 0 Å². The molecule has 6 nitrogen and oxygen atoms in total. The Morgan fingerprint density at radius 2 is 2.08 bits per heavy atom. The van der Waals surface area contributed by atoms with E-state index < -0.39 is 0 Å². The molecule has 1 amide bonds. The number of ether oxygens (including phenoxy) is 2. The zero-order valence-electron chi connectivity index (χ0n) is 14.2. The van der Waals surface area contributed by atoms with E-state index in [9.17, 15) is 4.79 Å². The van der Waals surface area contributed by atoms with Crippen LogP contribution in [0.1, 0.15) is 5.01 Å². The molecule has 0 radical (unpaired) electrons. The summed E-state index contributed by atoms with van der Waals surface area (Å²) in [6, 6.07) is 5.96. The number of aromatic nitrogens is 1. The Balaban J connectivity index is 1.57. The van der Waals surface area contributed by atoms with Crippen molar-refractivity contribution in [2.45, 2.75) is 6.92 Å². The van der Waals surface area contributed by atoms with E-state index in [1.54, 1.807) is 11.3 Å². The molecule has 0 N–H and O–H groups in total. The monoisotopic (exact) mass is 359 g/mol. The number of hydrogen-bond donors (Lipinski definition) is 0. The van der Waals surface area contributed by atoms with E-state index >= 15 is 0 Å². The Morgan fingerprint density at radius 1 is 1.24 bits per heavy atom. The average Bonchev–Trinajstić information content (AvgIpc) is 3.08. The molecular formula is C18H21N3O3S. The molecule has 0 aliphatic carbocycles. The van der Waals surface area contributed by atoms with Crippen LogP contribution in [0.5, 0.6) is 5.75 Å². The molecule has 1 aromatic heterocycles. The molecular weight excluding hydrogens is 338 g/mol. The maximum absolute atomic E-state index is 12.4. The van der Waals surface area contributed by atoms with E-state index in [0.717, 1.165) is 60.5 Å². The van der Waals surface area contributed by atoms with Crippen LogP contribution in [0.15, 0.2) is 23.6 Å². The Bertz CT molecular complexity index is 771. The number of thiazole rings is 1. The minimum atomic E-state index is 0.00682. The molecule has 2 aromatic rings. The molecule has 0 unspecified atom stereocenters. The van der Waals surface area contributed by atoms with Crippen molar-refractivity contribution in [1.29, 1.82) is 0 Å². The second-order valence-electron chi connectivity index (χ2n) is 6.22. The van der Waals surface area contributed by atoms with Gasteiger partial charge in [-0.3, -0.25) is 9.69 Å². The number of fused-ring (bicyclic) bond motifs is 1. The number of carbonyl (C=O) groups excluding carboxylic acids is 1. The minimum Gasteiger partial charge on any atom is -0.482 e. The van der Waals surface area contributed by atoms with Gasteiger partial charge in [0.15, 0.2) is 6.61 Å². The molecule has 0 atom stereocenters. The quantitative estimate of drug-likeness (QED) is 0.837. The van der Waals surface area contributed by atoms with Crippen molar-refractivity contribution < 1.29 is 14.3 Å². The molecule has 0 spiro atoms. The molecule has 4 rings (SSSR count). The van der Waals surface area contributed by atoms with Crippen LogP contribution < -0.4 is 9.64 Å². The lowest BCUT2D eigenvalue weighted by molar-refractivity contribution is -0.121. The summed E-state index contributed by atoms with van der Waals surface area (Å²) in [4.78, 5) is 21.1. The first kappa shape index (κ1) is 16.5. The summed E-state index contributed by atoms with van der Waals surface area (Å²) < 4.78 is 11.0. The number of anilines is 1. The predicted octanol–water partition coefficient (Wildman–Crippen LogP) is 2.18. The van der Waals surface area contributed by atoms with E-state index in [1.807, 2.05) is 35.4 Å². The molecule has 1 aromatic carbocycles. The first-order valence-corrected chi connectivity index (χ1v) is 9.38. The maximum Gasteiger partial charge on any atom is 0.265 e. The Kier molecular flexibility index (Phi) is 4.70. The number of benzene rings is 1. The van der Waals surface area contributed by atoms with E-state index in [0.29, 0.717) is 6.54 Å². The van der Waals surface area contributed by atoms with Crippen molar-refractivity contribution in [1.82, 2.24) is 9.88 Å². The van der Waals surface area contributed by atoms with E-state index in [4.69, 9.17) is 9.47 Å². The first-order valence-electron chi connectivity index (χ1n) is 8.50. The second-order valence-corrected chi connectivity index (χ2v) is 7.28. The minimum absolute atomic E-state index is 0.00682. The van der Waals surface area contributed by atoms with E-state index in [1.165, 1.54) is 0 Å². The fourth-order valence-electron chi connectivity index (χ4n) is 3.17. The van der Waals surface area contributed by atoms with Crippen LogP contribution in [0.25, 0.3) is 11.3 Å². The van der Waals surface area contributed by atoms with Gasteiger partial charge < -0.3 is 14.4 Å². The van der Waals surface area contributed by atoms with Gasteiger partial charge in [-0.2, -0.15) is 0 Å². The fraction of sp³-hybridized carbons (Fsp3) is 0.444. The lowest BCUT2D eigenvalue weighted by Gasteiger charge is -2.33. The van der Waals surface area contributed by atoms with E-state index in [2.05, 4.69) is 9.88 Å². The highest BCUT2D eigenvalue weighted by molar-refractivity contribution is 7.09. The Labute approximate surface area is 151 Å². The summed E-state index contributed by atoms with van der Waals surface area (Å²) in [6.07, 6.45) is 0. The van der Waals surface area contributed by atoms with Crippen molar-refractivity contribution in [3.63, 3.8) is 0 Å².